The van der Waals surface area contributed by atoms with Crippen molar-refractivity contribution in [1.29, 1.82) is 0 Å². The predicted octanol–water partition coefficient (Wildman–Crippen LogP) is 2.93. The molecule has 0 radical (unpaired) electrons. The molecule has 1 unspecified atom stereocenters. The van der Waals surface area contributed by atoms with Gasteiger partial charge in [-0.15, -0.1) is 0 Å². The lowest BCUT2D eigenvalue weighted by atomic mass is 10.1. The van der Waals surface area contributed by atoms with Gasteiger partial charge in [0, 0.05) is 30.2 Å². The number of nitrogens with one attached hydrogen (secondary N) is 1. The van der Waals surface area contributed by atoms with Crippen LogP contribution in [0.5, 0.6) is 0 Å². The van der Waals surface area contributed by atoms with Gasteiger partial charge in [-0.1, -0.05) is 31.0 Å². The lowest BCUT2D eigenvalue weighted by molar-refractivity contribution is -0.128. The summed E-state index contributed by atoms with van der Waals surface area (Å²) >= 11 is 5.88. The molecule has 1 aliphatic rings. The van der Waals surface area contributed by atoms with E-state index in [2.05, 4.69) is 12.2 Å². The third-order valence-electron chi connectivity index (χ3n) is 3.46. The number of rotatable bonds is 5. The molecule has 108 valence electrons. The highest BCUT2D eigenvalue weighted by Gasteiger charge is 2.33. The Labute approximate surface area is 124 Å². The van der Waals surface area contributed by atoms with Crippen molar-refractivity contribution in [3.05, 3.63) is 29.3 Å². The molecule has 0 aromatic heterocycles. The molecule has 2 rings (SSSR count). The number of amides is 2. The molecule has 1 N–H and O–H groups in total. The summed E-state index contributed by atoms with van der Waals surface area (Å²) in [5, 5.41) is 3.40. The van der Waals surface area contributed by atoms with E-state index in [1.807, 2.05) is 0 Å². The fraction of sp³-hybridized carbons (Fsp3) is 0.467. The number of hydrogen-bond acceptors (Lipinski definition) is 2. The van der Waals surface area contributed by atoms with Crippen LogP contribution in [0.2, 0.25) is 5.02 Å². The molecule has 0 bridgehead atoms. The maximum Gasteiger partial charge on any atom is 0.229 e. The Kier molecular flexibility index (Phi) is 5.01. The number of carbonyl (C=O) groups is 2. The molecule has 2 amide bonds. The van der Waals surface area contributed by atoms with E-state index in [1.54, 1.807) is 29.2 Å². The first kappa shape index (κ1) is 14.9. The molecule has 4 nitrogen and oxygen atoms in total. The van der Waals surface area contributed by atoms with Crippen LogP contribution in [0.15, 0.2) is 24.3 Å². The third kappa shape index (κ3) is 3.73. The number of carbonyl (C=O) groups excluding carboxylic acids is 2. The van der Waals surface area contributed by atoms with Crippen LogP contribution in [0.4, 0.5) is 5.69 Å². The van der Waals surface area contributed by atoms with E-state index in [9.17, 15) is 9.59 Å². The SMILES string of the molecule is CCCCN1CC(C(=O)Nc2cccc(Cl)c2)CC1=O. The molecule has 0 aliphatic carbocycles. The Morgan fingerprint density at radius 3 is 3.00 bits per heavy atom. The summed E-state index contributed by atoms with van der Waals surface area (Å²) in [4.78, 5) is 25.8. The maximum absolute atomic E-state index is 12.2. The smallest absolute Gasteiger partial charge is 0.229 e. The normalized spacial score (nSPS) is 18.4. The van der Waals surface area contributed by atoms with Gasteiger partial charge in [-0.3, -0.25) is 9.59 Å². The average molecular weight is 295 g/mol. The molecular formula is C15H19ClN2O2. The highest BCUT2D eigenvalue weighted by Crippen LogP contribution is 2.21. The van der Waals surface area contributed by atoms with Crippen LogP contribution >= 0.6 is 11.6 Å². The third-order valence-corrected chi connectivity index (χ3v) is 3.69. The minimum absolute atomic E-state index is 0.0738. The Bertz CT molecular complexity index is 504. The van der Waals surface area contributed by atoms with Crippen LogP contribution in [-0.4, -0.2) is 29.8 Å². The fourth-order valence-corrected chi connectivity index (χ4v) is 2.51. The van der Waals surface area contributed by atoms with Crippen LogP contribution in [0.25, 0.3) is 0 Å². The minimum atomic E-state index is -0.265. The monoisotopic (exact) mass is 294 g/mol. The van der Waals surface area contributed by atoms with Gasteiger partial charge in [0.25, 0.3) is 0 Å². The van der Waals surface area contributed by atoms with Crippen LogP contribution in [-0.2, 0) is 9.59 Å². The summed E-state index contributed by atoms with van der Waals surface area (Å²) in [6.45, 7) is 3.35. The average Bonchev–Trinajstić information content (AvgIpc) is 2.78. The molecule has 1 saturated heterocycles. The second-order valence-electron chi connectivity index (χ2n) is 5.09. The molecule has 1 aromatic rings. The first-order valence-corrected chi connectivity index (χ1v) is 7.32. The van der Waals surface area contributed by atoms with Gasteiger partial charge in [-0.25, -0.2) is 0 Å². The first-order chi connectivity index (χ1) is 9.60. The van der Waals surface area contributed by atoms with Gasteiger partial charge in [0.15, 0.2) is 0 Å². The molecule has 1 fully saturated rings. The predicted molar refractivity (Wildman–Crippen MR) is 79.7 cm³/mol. The van der Waals surface area contributed by atoms with Gasteiger partial charge in [0.2, 0.25) is 11.8 Å². The topological polar surface area (TPSA) is 49.4 Å². The van der Waals surface area contributed by atoms with Crippen molar-refractivity contribution in [1.82, 2.24) is 4.90 Å². The van der Waals surface area contributed by atoms with Crippen molar-refractivity contribution in [2.24, 2.45) is 5.92 Å². The number of anilines is 1. The van der Waals surface area contributed by atoms with Crippen LogP contribution < -0.4 is 5.32 Å². The zero-order chi connectivity index (χ0) is 14.5. The summed E-state index contributed by atoms with van der Waals surface area (Å²) in [6, 6.07) is 7.02. The van der Waals surface area contributed by atoms with Gasteiger partial charge in [-0.05, 0) is 24.6 Å². The first-order valence-electron chi connectivity index (χ1n) is 6.94. The Balaban J connectivity index is 1.92. The van der Waals surface area contributed by atoms with Gasteiger partial charge in [0.1, 0.15) is 0 Å². The van der Waals surface area contributed by atoms with Crippen molar-refractivity contribution in [2.45, 2.75) is 26.2 Å². The lowest BCUT2D eigenvalue weighted by Gasteiger charge is -2.16. The van der Waals surface area contributed by atoms with Crippen molar-refractivity contribution in [2.75, 3.05) is 18.4 Å². The van der Waals surface area contributed by atoms with Crippen LogP contribution in [0.1, 0.15) is 26.2 Å². The Morgan fingerprint density at radius 2 is 2.30 bits per heavy atom. The molecular weight excluding hydrogens is 276 g/mol. The lowest BCUT2D eigenvalue weighted by Crippen LogP contribution is -2.29. The van der Waals surface area contributed by atoms with E-state index in [1.165, 1.54) is 0 Å². The van der Waals surface area contributed by atoms with Gasteiger partial charge >= 0.3 is 0 Å². The van der Waals surface area contributed by atoms with E-state index in [4.69, 9.17) is 11.6 Å². The molecule has 0 spiro atoms. The number of likely N-dealkylation sites (tertiary alicyclic amines) is 1. The highest BCUT2D eigenvalue weighted by atomic mass is 35.5. The Morgan fingerprint density at radius 1 is 1.50 bits per heavy atom. The zero-order valence-electron chi connectivity index (χ0n) is 11.6. The molecule has 1 heterocycles. The molecule has 20 heavy (non-hydrogen) atoms. The number of halogens is 1. The summed E-state index contributed by atoms with van der Waals surface area (Å²) in [5.74, 6) is -0.303. The number of benzene rings is 1. The van der Waals surface area contributed by atoms with Crippen LogP contribution in [0, 0.1) is 5.92 Å². The largest absolute Gasteiger partial charge is 0.342 e. The molecule has 1 aliphatic heterocycles. The molecule has 1 aromatic carbocycles. The number of hydrogen-bond donors (Lipinski definition) is 1. The van der Waals surface area contributed by atoms with E-state index in [0.29, 0.717) is 23.7 Å². The summed E-state index contributed by atoms with van der Waals surface area (Å²) in [6.07, 6.45) is 2.33. The number of unbranched alkanes of at least 4 members (excludes halogenated alkanes) is 1. The van der Waals surface area contributed by atoms with E-state index < -0.39 is 0 Å². The molecule has 1 atom stereocenters. The van der Waals surface area contributed by atoms with Crippen molar-refractivity contribution in [3.63, 3.8) is 0 Å². The van der Waals surface area contributed by atoms with Gasteiger partial charge in [-0.2, -0.15) is 0 Å². The molecule has 5 heteroatoms. The molecule has 0 saturated carbocycles. The fourth-order valence-electron chi connectivity index (χ4n) is 2.32. The Hall–Kier alpha value is -1.55. The van der Waals surface area contributed by atoms with Crippen molar-refractivity contribution in [3.8, 4) is 0 Å². The quantitative estimate of drug-likeness (QED) is 0.908. The summed E-state index contributed by atoms with van der Waals surface area (Å²) in [5.41, 5.74) is 0.668. The van der Waals surface area contributed by atoms with E-state index >= 15 is 0 Å². The van der Waals surface area contributed by atoms with Gasteiger partial charge < -0.3 is 10.2 Å². The summed E-state index contributed by atoms with van der Waals surface area (Å²) < 4.78 is 0. The second-order valence-corrected chi connectivity index (χ2v) is 5.53. The maximum atomic E-state index is 12.2. The summed E-state index contributed by atoms with van der Waals surface area (Å²) in [7, 11) is 0. The van der Waals surface area contributed by atoms with E-state index in [-0.39, 0.29) is 17.7 Å². The standard InChI is InChI=1S/C15H19ClN2O2/c1-2-3-7-18-10-11(8-14(18)19)15(20)17-13-6-4-5-12(16)9-13/h4-6,9,11H,2-3,7-8,10H2,1H3,(H,17,20). The van der Waals surface area contributed by atoms with Crippen molar-refractivity contribution < 1.29 is 9.59 Å². The van der Waals surface area contributed by atoms with Gasteiger partial charge in [0.05, 0.1) is 5.92 Å². The second kappa shape index (κ2) is 6.75. The zero-order valence-corrected chi connectivity index (χ0v) is 12.3. The van der Waals surface area contributed by atoms with E-state index in [0.717, 1.165) is 19.4 Å². The van der Waals surface area contributed by atoms with Crippen molar-refractivity contribution >= 4 is 29.1 Å². The minimum Gasteiger partial charge on any atom is -0.342 e. The number of nitrogens with zero attached hydrogens (tertiary/aromatic N) is 1. The van der Waals surface area contributed by atoms with Crippen LogP contribution in [0.3, 0.4) is 0 Å². The highest BCUT2D eigenvalue weighted by molar-refractivity contribution is 6.30.